The monoisotopic (exact) mass is 776 g/mol. The van der Waals surface area contributed by atoms with Crippen molar-refractivity contribution in [1.82, 2.24) is 41.6 Å². The average molecular weight is 777 g/mol. The molecule has 0 fully saturated rings. The number of carbonyl (C=O) groups is 3. The molecule has 0 saturated heterocycles. The number of pyridine rings is 4. The molecule has 0 aliphatic carbocycles. The molecule has 0 aliphatic heterocycles. The molecular formula is C40H32N12O6+2. The zero-order chi connectivity index (χ0) is 40.7. The third kappa shape index (κ3) is 10.2. The molecule has 6 rings (SSSR count). The van der Waals surface area contributed by atoms with Gasteiger partial charge in [-0.2, -0.15) is 15.3 Å². The number of phenolic OH excluding ortho intramolecular Hbond substituents is 2. The topological polar surface area (TPSA) is 264 Å². The normalized spacial score (nSPS) is 11.2. The summed E-state index contributed by atoms with van der Waals surface area (Å²) >= 11 is 0. The Hall–Kier alpha value is -8.80. The van der Waals surface area contributed by atoms with E-state index < -0.39 is 17.7 Å². The summed E-state index contributed by atoms with van der Waals surface area (Å²) in [6.07, 6.45) is 10.8. The highest BCUT2D eigenvalue weighted by Crippen LogP contribution is 2.32. The Kier molecular flexibility index (Phi) is 12.7. The molecule has 18 nitrogen and oxygen atoms in total. The van der Waals surface area contributed by atoms with Crippen LogP contribution in [-0.2, 0) is 0 Å². The van der Waals surface area contributed by atoms with Gasteiger partial charge in [0.2, 0.25) is 6.21 Å². The van der Waals surface area contributed by atoms with Gasteiger partial charge >= 0.3 is 5.91 Å². The Labute approximate surface area is 328 Å². The predicted octanol–water partition coefficient (Wildman–Crippen LogP) is 1.19. The summed E-state index contributed by atoms with van der Waals surface area (Å²) in [6, 6.07) is 25.6. The van der Waals surface area contributed by atoms with Crippen LogP contribution in [-0.4, -0.2) is 83.4 Å². The van der Waals surface area contributed by atoms with E-state index in [9.17, 15) is 29.4 Å². The molecule has 0 bridgehead atoms. The van der Waals surface area contributed by atoms with Crippen molar-refractivity contribution in [2.24, 2.45) is 15.3 Å². The average Bonchev–Trinajstić information content (AvgIpc) is 3.26. The van der Waals surface area contributed by atoms with Crippen LogP contribution in [0.4, 0.5) is 0 Å². The van der Waals surface area contributed by atoms with Gasteiger partial charge in [0.05, 0.1) is 24.2 Å². The molecule has 8 N–H and O–H groups in total. The maximum absolute atomic E-state index is 12.6. The van der Waals surface area contributed by atoms with Gasteiger partial charge in [0.1, 0.15) is 28.6 Å². The summed E-state index contributed by atoms with van der Waals surface area (Å²) in [5, 5.41) is 37.4. The van der Waals surface area contributed by atoms with Crippen LogP contribution in [0.15, 0.2) is 137 Å². The van der Waals surface area contributed by atoms with E-state index in [1.165, 1.54) is 67.8 Å². The summed E-state index contributed by atoms with van der Waals surface area (Å²) in [6.45, 7) is 0. The molecule has 286 valence electrons. The van der Waals surface area contributed by atoms with Gasteiger partial charge in [-0.05, 0) is 83.9 Å². The third-order valence-corrected chi connectivity index (χ3v) is 7.80. The second kappa shape index (κ2) is 19.0. The van der Waals surface area contributed by atoms with E-state index in [0.717, 1.165) is 0 Å². The fourth-order valence-electron chi connectivity index (χ4n) is 4.99. The van der Waals surface area contributed by atoms with Crippen molar-refractivity contribution in [2.75, 3.05) is 0 Å². The molecule has 0 atom stereocenters. The van der Waals surface area contributed by atoms with Crippen LogP contribution in [0.5, 0.6) is 11.5 Å². The molecule has 6 aromatic rings. The van der Waals surface area contributed by atoms with Gasteiger partial charge < -0.3 is 10.2 Å². The Balaban J connectivity index is 1.37. The number of benzene rings is 2. The van der Waals surface area contributed by atoms with Crippen LogP contribution in [0.2, 0.25) is 0 Å². The van der Waals surface area contributed by atoms with Crippen LogP contribution in [0.3, 0.4) is 0 Å². The lowest BCUT2D eigenvalue weighted by Gasteiger charge is -2.11. The zero-order valence-corrected chi connectivity index (χ0v) is 30.1. The molecule has 18 heteroatoms. The Morgan fingerprint density at radius 3 is 1.24 bits per heavy atom. The summed E-state index contributed by atoms with van der Waals surface area (Å²) in [7, 11) is 0. The predicted molar refractivity (Wildman–Crippen MR) is 213 cm³/mol. The summed E-state index contributed by atoms with van der Waals surface area (Å²) in [4.78, 5) is 64.3. The Morgan fingerprint density at radius 2 is 0.879 bits per heavy atom. The van der Waals surface area contributed by atoms with Gasteiger partial charge in [-0.25, -0.2) is 21.3 Å². The first-order valence-electron chi connectivity index (χ1n) is 17.1. The van der Waals surface area contributed by atoms with Crippen molar-refractivity contribution < 1.29 is 34.5 Å². The van der Waals surface area contributed by atoms with E-state index in [2.05, 4.69) is 62.0 Å². The maximum atomic E-state index is 12.6. The molecule has 4 aromatic heterocycles. The summed E-state index contributed by atoms with van der Waals surface area (Å²) in [5.74, 6) is -2.69. The zero-order valence-electron chi connectivity index (χ0n) is 30.1. The van der Waals surface area contributed by atoms with Crippen LogP contribution < -0.4 is 26.8 Å². The SMILES string of the molecule is O=C(N/N=C/c1cc(-c2cc(/C=N/NC(=O)c3ccccn3)c(O)c(/C=N/NC(=O)c3ccccn3)c2)cc(C=[NH+]NC(=[OH+])c2ccccn2)c1O)c1ccccn1. The molecule has 4 heterocycles. The number of aromatic hydroxyl groups is 2. The van der Waals surface area contributed by atoms with E-state index in [4.69, 9.17) is 0 Å². The fraction of sp³-hybridized carbons (Fsp3) is 0. The first-order chi connectivity index (χ1) is 28.3. The molecule has 0 spiro atoms. The minimum Gasteiger partial charge on any atom is -0.507 e. The first-order valence-corrected chi connectivity index (χ1v) is 17.1. The largest absolute Gasteiger partial charge is 0.507 e. The molecule has 2 aromatic carbocycles. The number of nitrogens with zero attached hydrogens (tertiary/aromatic N) is 7. The number of hydrogen-bond acceptors (Lipinski definition) is 12. The van der Waals surface area contributed by atoms with E-state index >= 15 is 0 Å². The maximum Gasteiger partial charge on any atom is 0.493 e. The number of carbonyl (C=O) groups excluding carboxylic acids is 4. The lowest BCUT2D eigenvalue weighted by molar-refractivity contribution is -0.501. The second-order valence-electron chi connectivity index (χ2n) is 11.7. The standard InChI is InChI=1S/C40H30N12O6/c53-35-27(21-45-49-37(55)31-9-1-5-13-41-31)17-25(18-28(35)22-46-50-38(56)32-10-2-6-14-42-32)26-19-29(23-47-51-39(57)33-11-3-7-15-43-33)36(54)30(20-26)24-48-52-40(58)34-12-4-8-16-44-34/h1-24,53-54H,(H,49,55)(H,50,56)(H,51,57)(H,52,58)/p+2/b45-21+,46-22+,47-23+,48-24?. The summed E-state index contributed by atoms with van der Waals surface area (Å²) in [5.41, 5.74) is 11.7. The molecule has 0 radical (unpaired) electrons. The lowest BCUT2D eigenvalue weighted by atomic mass is 9.95. The van der Waals surface area contributed by atoms with E-state index in [1.807, 2.05) is 0 Å². The Morgan fingerprint density at radius 1 is 0.534 bits per heavy atom. The fourth-order valence-corrected chi connectivity index (χ4v) is 4.99. The van der Waals surface area contributed by atoms with Gasteiger partial charge in [-0.3, -0.25) is 34.1 Å². The molecule has 0 saturated carbocycles. The molecule has 0 aliphatic rings. The van der Waals surface area contributed by atoms with Crippen molar-refractivity contribution in [3.05, 3.63) is 167 Å². The molecule has 58 heavy (non-hydrogen) atoms. The van der Waals surface area contributed by atoms with Crippen molar-refractivity contribution in [2.45, 2.75) is 0 Å². The number of aromatic nitrogens is 4. The van der Waals surface area contributed by atoms with Gasteiger partial charge in [-0.1, -0.05) is 29.7 Å². The first kappa shape index (κ1) is 38.9. The van der Waals surface area contributed by atoms with Crippen LogP contribution in [0, 0.1) is 0 Å². The number of hydrogen-bond donors (Lipinski definition) is 7. The number of hydrazone groups is 4. The number of rotatable bonds is 13. The van der Waals surface area contributed by atoms with Crippen LogP contribution in [0.1, 0.15) is 59.4 Å². The highest BCUT2D eigenvalue weighted by Gasteiger charge is 2.18. The smallest absolute Gasteiger partial charge is 0.493 e. The Bertz CT molecular complexity index is 2200. The second-order valence-corrected chi connectivity index (χ2v) is 11.7. The lowest BCUT2D eigenvalue weighted by Crippen LogP contribution is -2.81. The minimum atomic E-state index is -0.600. The number of amides is 4. The highest BCUT2D eigenvalue weighted by atomic mass is 16.3. The van der Waals surface area contributed by atoms with E-state index in [-0.39, 0.29) is 62.4 Å². The van der Waals surface area contributed by atoms with Gasteiger partial charge in [-0.15, -0.1) is 5.10 Å². The van der Waals surface area contributed by atoms with E-state index in [1.54, 1.807) is 78.9 Å². The summed E-state index contributed by atoms with van der Waals surface area (Å²) < 4.78 is 0. The van der Waals surface area contributed by atoms with Crippen molar-refractivity contribution >= 4 is 48.5 Å². The van der Waals surface area contributed by atoms with Crippen molar-refractivity contribution in [3.63, 3.8) is 0 Å². The highest BCUT2D eigenvalue weighted by molar-refractivity contribution is 6.00. The number of hydrazine groups is 1. The molecular weight excluding hydrogens is 745 g/mol. The number of nitrogens with one attached hydrogen (secondary N) is 5. The molecule has 0 unspecified atom stereocenters. The van der Waals surface area contributed by atoms with Crippen LogP contribution in [0.25, 0.3) is 11.1 Å². The van der Waals surface area contributed by atoms with Crippen molar-refractivity contribution in [3.8, 4) is 22.6 Å². The van der Waals surface area contributed by atoms with Gasteiger partial charge in [0.25, 0.3) is 17.7 Å². The molecule has 4 amide bonds. The van der Waals surface area contributed by atoms with E-state index in [0.29, 0.717) is 11.1 Å². The minimum absolute atomic E-state index is 0.112. The van der Waals surface area contributed by atoms with Gasteiger partial charge in [0.15, 0.2) is 5.69 Å². The quantitative estimate of drug-likeness (QED) is 0.0504. The number of phenols is 2. The van der Waals surface area contributed by atoms with Crippen LogP contribution >= 0.6 is 0 Å². The van der Waals surface area contributed by atoms with Gasteiger partial charge in [0, 0.05) is 41.5 Å². The third-order valence-electron chi connectivity index (χ3n) is 7.80. The van der Waals surface area contributed by atoms with Crippen molar-refractivity contribution in [1.29, 1.82) is 0 Å².